The third-order valence-corrected chi connectivity index (χ3v) is 14.3. The van der Waals surface area contributed by atoms with Crippen LogP contribution in [0.15, 0.2) is 170 Å². The molecule has 0 aliphatic carbocycles. The zero-order valence-electron chi connectivity index (χ0n) is 27.0. The zero-order valence-corrected chi connectivity index (χ0v) is 28.0. The van der Waals surface area contributed by atoms with E-state index in [1.165, 1.54) is 15.6 Å². The fraction of sp³-hybridized carbons (Fsp3) is 0. The predicted molar refractivity (Wildman–Crippen MR) is 204 cm³/mol. The van der Waals surface area contributed by atoms with E-state index >= 15 is 0 Å². The van der Waals surface area contributed by atoms with Crippen molar-refractivity contribution in [2.75, 3.05) is 0 Å². The van der Waals surface area contributed by atoms with Gasteiger partial charge in [-0.15, -0.1) is 0 Å². The molecule has 5 heteroatoms. The molecule has 0 bridgehead atoms. The van der Waals surface area contributed by atoms with Crippen LogP contribution < -0.4 is 20.7 Å². The summed E-state index contributed by atoms with van der Waals surface area (Å²) in [6.07, 6.45) is 0. The topological polar surface area (TPSA) is 76.3 Å². The van der Waals surface area contributed by atoms with Crippen molar-refractivity contribution >= 4 is 50.6 Å². The Labute approximate surface area is 291 Å². The number of para-hydroxylation sites is 1. The molecule has 232 valence electrons. The van der Waals surface area contributed by atoms with Crippen molar-refractivity contribution in [2.24, 2.45) is 0 Å². The lowest BCUT2D eigenvalue weighted by Crippen LogP contribution is -2.74. The Balaban J connectivity index is 1.48. The largest absolute Gasteiger partial charge is 0.309 e. The van der Waals surface area contributed by atoms with E-state index in [9.17, 15) is 15.8 Å². The standard InChI is InChI=1S/C45H28N4Si/c46-29-32-20-22-44(49-43-19-11-10-18-40(43)42-27-33(30-47)21-23-45(42)49)41(26-32)35-24-34(31-48)25-39(28-35)50(36-12-4-1-5-13-36,37-14-6-2-7-15-37)38-16-8-3-9-17-38/h1-28H. The van der Waals surface area contributed by atoms with Crippen LogP contribution >= 0.6 is 0 Å². The molecule has 50 heavy (non-hydrogen) atoms. The highest BCUT2D eigenvalue weighted by Crippen LogP contribution is 2.37. The van der Waals surface area contributed by atoms with Crippen LogP contribution in [0.1, 0.15) is 16.7 Å². The average molecular weight is 653 g/mol. The first-order chi connectivity index (χ1) is 24.6. The van der Waals surface area contributed by atoms with Gasteiger partial charge in [-0.25, -0.2) is 0 Å². The van der Waals surface area contributed by atoms with Gasteiger partial charge in [0.05, 0.1) is 51.6 Å². The smallest absolute Gasteiger partial charge is 0.179 e. The van der Waals surface area contributed by atoms with Gasteiger partial charge in [0.1, 0.15) is 0 Å². The first-order valence-corrected chi connectivity index (χ1v) is 18.4. The maximum atomic E-state index is 10.6. The minimum atomic E-state index is -2.97. The summed E-state index contributed by atoms with van der Waals surface area (Å²) in [6, 6.07) is 65.0. The molecule has 0 saturated carbocycles. The van der Waals surface area contributed by atoms with Gasteiger partial charge in [-0.05, 0) is 80.9 Å². The highest BCUT2D eigenvalue weighted by atomic mass is 28.3. The monoisotopic (exact) mass is 652 g/mol. The first-order valence-electron chi connectivity index (χ1n) is 16.4. The van der Waals surface area contributed by atoms with Gasteiger partial charge < -0.3 is 4.57 Å². The molecule has 7 aromatic carbocycles. The number of hydrogen-bond donors (Lipinski definition) is 0. The van der Waals surface area contributed by atoms with Crippen molar-refractivity contribution in [3.63, 3.8) is 0 Å². The molecular weight excluding hydrogens is 625 g/mol. The number of hydrogen-bond acceptors (Lipinski definition) is 3. The molecule has 8 rings (SSSR count). The number of benzene rings is 7. The number of aromatic nitrogens is 1. The average Bonchev–Trinajstić information content (AvgIpc) is 3.52. The van der Waals surface area contributed by atoms with Gasteiger partial charge in [0.15, 0.2) is 8.07 Å². The van der Waals surface area contributed by atoms with Crippen molar-refractivity contribution < 1.29 is 0 Å². The molecule has 0 N–H and O–H groups in total. The molecular formula is C45H28N4Si. The van der Waals surface area contributed by atoms with Crippen molar-refractivity contribution in [3.8, 4) is 35.0 Å². The van der Waals surface area contributed by atoms with Crippen LogP contribution in [0.4, 0.5) is 0 Å². The van der Waals surface area contributed by atoms with Crippen LogP contribution in [-0.2, 0) is 0 Å². The quantitative estimate of drug-likeness (QED) is 0.138. The molecule has 0 fully saturated rings. The van der Waals surface area contributed by atoms with E-state index in [0.717, 1.165) is 43.8 Å². The second-order valence-electron chi connectivity index (χ2n) is 12.3. The molecule has 0 amide bonds. The van der Waals surface area contributed by atoms with E-state index < -0.39 is 8.07 Å². The summed E-state index contributed by atoms with van der Waals surface area (Å²) in [4.78, 5) is 0. The predicted octanol–water partition coefficient (Wildman–Crippen LogP) is 7.44. The minimum Gasteiger partial charge on any atom is -0.309 e. The lowest BCUT2D eigenvalue weighted by Gasteiger charge is -2.35. The molecule has 1 heterocycles. The minimum absolute atomic E-state index is 0.526. The fourth-order valence-corrected chi connectivity index (χ4v) is 12.3. The lowest BCUT2D eigenvalue weighted by atomic mass is 9.99. The van der Waals surface area contributed by atoms with E-state index in [-0.39, 0.29) is 0 Å². The van der Waals surface area contributed by atoms with Crippen LogP contribution in [0.2, 0.25) is 0 Å². The van der Waals surface area contributed by atoms with Crippen LogP contribution in [0.25, 0.3) is 38.6 Å². The van der Waals surface area contributed by atoms with E-state index in [1.54, 1.807) is 0 Å². The van der Waals surface area contributed by atoms with Gasteiger partial charge in [-0.3, -0.25) is 0 Å². The van der Waals surface area contributed by atoms with Crippen LogP contribution in [0.5, 0.6) is 0 Å². The fourth-order valence-electron chi connectivity index (χ4n) is 7.46. The third-order valence-electron chi connectivity index (χ3n) is 9.59. The number of nitriles is 3. The van der Waals surface area contributed by atoms with Crippen molar-refractivity contribution in [2.45, 2.75) is 0 Å². The summed E-state index contributed by atoms with van der Waals surface area (Å²) in [7, 11) is -2.97. The maximum Gasteiger partial charge on any atom is 0.179 e. The van der Waals surface area contributed by atoms with E-state index in [1.807, 2.05) is 72.8 Å². The first kappa shape index (κ1) is 30.4. The lowest BCUT2D eigenvalue weighted by molar-refractivity contribution is 1.18. The number of rotatable bonds is 6. The summed E-state index contributed by atoms with van der Waals surface area (Å²) in [5.41, 5.74) is 6.18. The highest BCUT2D eigenvalue weighted by Gasteiger charge is 2.41. The third kappa shape index (κ3) is 4.88. The Bertz CT molecular complexity index is 2580. The van der Waals surface area contributed by atoms with Gasteiger partial charge in [0.2, 0.25) is 0 Å². The van der Waals surface area contributed by atoms with Gasteiger partial charge in [0.25, 0.3) is 0 Å². The Morgan fingerprint density at radius 3 is 1.52 bits per heavy atom. The SMILES string of the molecule is N#Cc1cc(-c2cc(C#N)ccc2-n2c3ccccc3c3cc(C#N)ccc32)cc([Si](c2ccccc2)(c2ccccc2)c2ccccc2)c1. The summed E-state index contributed by atoms with van der Waals surface area (Å²) in [5.74, 6) is 0. The van der Waals surface area contributed by atoms with Gasteiger partial charge in [-0.1, -0.05) is 115 Å². The van der Waals surface area contributed by atoms with Crippen molar-refractivity contribution in [1.29, 1.82) is 15.8 Å². The number of fused-ring (bicyclic) bond motifs is 3. The summed E-state index contributed by atoms with van der Waals surface area (Å²) >= 11 is 0. The maximum absolute atomic E-state index is 10.6. The second kappa shape index (κ2) is 12.6. The molecule has 1 aromatic heterocycles. The van der Waals surface area contributed by atoms with E-state index in [4.69, 9.17) is 0 Å². The van der Waals surface area contributed by atoms with Gasteiger partial charge in [-0.2, -0.15) is 15.8 Å². The Morgan fingerprint density at radius 2 is 0.920 bits per heavy atom. The van der Waals surface area contributed by atoms with Crippen LogP contribution in [0.3, 0.4) is 0 Å². The van der Waals surface area contributed by atoms with Crippen LogP contribution in [0, 0.1) is 34.0 Å². The highest BCUT2D eigenvalue weighted by molar-refractivity contribution is 7.19. The molecule has 0 aliphatic heterocycles. The molecule has 0 unspecified atom stereocenters. The van der Waals surface area contributed by atoms with Crippen LogP contribution in [-0.4, -0.2) is 12.6 Å². The Kier molecular flexibility index (Phi) is 7.63. The Hall–Kier alpha value is -6.97. The molecule has 0 spiro atoms. The normalized spacial score (nSPS) is 11.1. The molecule has 0 radical (unpaired) electrons. The summed E-state index contributed by atoms with van der Waals surface area (Å²) in [5, 5.41) is 37.1. The van der Waals surface area contributed by atoms with E-state index in [0.29, 0.717) is 16.7 Å². The summed E-state index contributed by atoms with van der Waals surface area (Å²) in [6.45, 7) is 0. The molecule has 4 nitrogen and oxygen atoms in total. The molecule has 0 aliphatic rings. The van der Waals surface area contributed by atoms with Gasteiger partial charge >= 0.3 is 0 Å². The van der Waals surface area contributed by atoms with Crippen molar-refractivity contribution in [3.05, 3.63) is 187 Å². The second-order valence-corrected chi connectivity index (χ2v) is 16.1. The molecule has 0 atom stereocenters. The van der Waals surface area contributed by atoms with E-state index in [2.05, 4.69) is 120 Å². The summed E-state index contributed by atoms with van der Waals surface area (Å²) < 4.78 is 2.21. The number of nitrogens with zero attached hydrogens (tertiary/aromatic N) is 4. The van der Waals surface area contributed by atoms with Gasteiger partial charge in [0, 0.05) is 16.3 Å². The van der Waals surface area contributed by atoms with Crippen molar-refractivity contribution in [1.82, 2.24) is 4.57 Å². The zero-order chi connectivity index (χ0) is 34.1. The molecule has 0 saturated heterocycles. The molecule has 8 aromatic rings. The Morgan fingerprint density at radius 1 is 0.400 bits per heavy atom.